The topological polar surface area (TPSA) is 61.6 Å². The van der Waals surface area contributed by atoms with E-state index in [-0.39, 0.29) is 11.9 Å². The number of nitrogens with one attached hydrogen (secondary N) is 1. The van der Waals surface area contributed by atoms with Gasteiger partial charge in [-0.15, -0.1) is 0 Å². The zero-order valence-corrected chi connectivity index (χ0v) is 15.5. The van der Waals surface area contributed by atoms with Crippen molar-refractivity contribution in [2.24, 2.45) is 5.92 Å². The van der Waals surface area contributed by atoms with Gasteiger partial charge in [-0.05, 0) is 39.0 Å². The molecule has 1 aromatic rings. The summed E-state index contributed by atoms with van der Waals surface area (Å²) in [5.41, 5.74) is 2.21. The largest absolute Gasteiger partial charge is 0.361 e. The fourth-order valence-electron chi connectivity index (χ4n) is 4.85. The van der Waals surface area contributed by atoms with Crippen molar-refractivity contribution < 1.29 is 9.32 Å². The first-order chi connectivity index (χ1) is 12.1. The number of rotatable bonds is 3. The van der Waals surface area contributed by atoms with Gasteiger partial charge in [0.25, 0.3) is 0 Å². The highest BCUT2D eigenvalue weighted by Crippen LogP contribution is 2.33. The van der Waals surface area contributed by atoms with E-state index in [9.17, 15) is 4.79 Å². The van der Waals surface area contributed by atoms with Crippen molar-refractivity contribution in [2.45, 2.75) is 64.6 Å². The van der Waals surface area contributed by atoms with E-state index in [0.29, 0.717) is 12.0 Å². The summed E-state index contributed by atoms with van der Waals surface area (Å²) in [6.45, 7) is 8.84. The van der Waals surface area contributed by atoms with Crippen LogP contribution in [0.2, 0.25) is 0 Å². The van der Waals surface area contributed by atoms with Gasteiger partial charge in [-0.2, -0.15) is 0 Å². The molecule has 0 aromatic carbocycles. The van der Waals surface area contributed by atoms with Crippen LogP contribution in [0.4, 0.5) is 0 Å². The second-order valence-corrected chi connectivity index (χ2v) is 8.03. The van der Waals surface area contributed by atoms with Crippen LogP contribution in [0.3, 0.4) is 0 Å². The molecule has 3 heterocycles. The van der Waals surface area contributed by atoms with Crippen molar-refractivity contribution in [3.63, 3.8) is 0 Å². The van der Waals surface area contributed by atoms with Gasteiger partial charge >= 0.3 is 0 Å². The highest BCUT2D eigenvalue weighted by Gasteiger charge is 2.40. The number of aryl methyl sites for hydroxylation is 2. The third-order valence-corrected chi connectivity index (χ3v) is 6.48. The Hall–Kier alpha value is -1.40. The summed E-state index contributed by atoms with van der Waals surface area (Å²) in [5, 5.41) is 7.37. The summed E-state index contributed by atoms with van der Waals surface area (Å²) in [6.07, 6.45) is 6.11. The van der Waals surface area contributed by atoms with Crippen molar-refractivity contribution in [3.05, 3.63) is 17.0 Å². The molecule has 0 bridgehead atoms. The Balaban J connectivity index is 1.33. The van der Waals surface area contributed by atoms with Crippen LogP contribution < -0.4 is 5.32 Å². The molecule has 0 spiro atoms. The predicted octanol–water partition coefficient (Wildman–Crippen LogP) is 1.86. The maximum atomic E-state index is 12.6. The van der Waals surface area contributed by atoms with E-state index in [1.54, 1.807) is 0 Å². The van der Waals surface area contributed by atoms with Crippen molar-refractivity contribution in [1.82, 2.24) is 20.3 Å². The number of hydrogen-bond donors (Lipinski definition) is 1. The molecule has 4 rings (SSSR count). The average Bonchev–Trinajstić information content (AvgIpc) is 2.94. The Morgan fingerprint density at radius 2 is 1.92 bits per heavy atom. The van der Waals surface area contributed by atoms with Crippen LogP contribution in [-0.2, 0) is 11.3 Å². The molecule has 1 saturated carbocycles. The molecular formula is C19H30N4O2. The molecule has 3 atom stereocenters. The van der Waals surface area contributed by atoms with Crippen molar-refractivity contribution in [1.29, 1.82) is 0 Å². The number of carbonyl (C=O) groups excluding carboxylic acids is 1. The Morgan fingerprint density at radius 3 is 2.64 bits per heavy atom. The molecule has 6 nitrogen and oxygen atoms in total. The molecule has 1 aliphatic carbocycles. The summed E-state index contributed by atoms with van der Waals surface area (Å²) in [4.78, 5) is 17.4. The first-order valence-electron chi connectivity index (χ1n) is 9.80. The molecule has 3 fully saturated rings. The lowest BCUT2D eigenvalue weighted by molar-refractivity contribution is -0.132. The van der Waals surface area contributed by atoms with Crippen LogP contribution in [0.15, 0.2) is 4.52 Å². The molecule has 25 heavy (non-hydrogen) atoms. The molecule has 2 aliphatic heterocycles. The van der Waals surface area contributed by atoms with Gasteiger partial charge in [-0.3, -0.25) is 14.6 Å². The number of nitrogens with zero attached hydrogens (tertiary/aromatic N) is 3. The molecule has 0 radical (unpaired) electrons. The van der Waals surface area contributed by atoms with Crippen molar-refractivity contribution in [3.8, 4) is 0 Å². The second kappa shape index (κ2) is 7.08. The molecule has 0 unspecified atom stereocenters. The zero-order chi connectivity index (χ0) is 17.4. The maximum absolute atomic E-state index is 12.6. The van der Waals surface area contributed by atoms with Gasteiger partial charge in [0.2, 0.25) is 5.91 Å². The SMILES string of the molecule is Cc1noc(C)c1CN1CCN([C@@H]2C[C@@H]3CCCC[C@@H]3NC2=O)CC1. The minimum absolute atomic E-state index is 0.0839. The van der Waals surface area contributed by atoms with Gasteiger partial charge < -0.3 is 9.84 Å². The molecule has 2 saturated heterocycles. The van der Waals surface area contributed by atoms with Crippen molar-refractivity contribution >= 4 is 5.91 Å². The monoisotopic (exact) mass is 346 g/mol. The quantitative estimate of drug-likeness (QED) is 0.905. The summed E-state index contributed by atoms with van der Waals surface area (Å²) in [6, 6.07) is 0.527. The van der Waals surface area contributed by atoms with E-state index in [4.69, 9.17) is 4.52 Å². The number of piperazine rings is 1. The highest BCUT2D eigenvalue weighted by atomic mass is 16.5. The van der Waals surface area contributed by atoms with Gasteiger partial charge in [-0.1, -0.05) is 18.0 Å². The highest BCUT2D eigenvalue weighted by molar-refractivity contribution is 5.83. The van der Waals surface area contributed by atoms with E-state index in [1.807, 2.05) is 13.8 Å². The summed E-state index contributed by atoms with van der Waals surface area (Å²) in [7, 11) is 0. The first kappa shape index (κ1) is 17.0. The lowest BCUT2D eigenvalue weighted by atomic mass is 9.77. The Labute approximate surface area is 149 Å². The van der Waals surface area contributed by atoms with Crippen LogP contribution in [-0.4, -0.2) is 59.1 Å². The average molecular weight is 346 g/mol. The number of fused-ring (bicyclic) bond motifs is 1. The van der Waals surface area contributed by atoms with Gasteiger partial charge in [0.15, 0.2) is 0 Å². The number of hydrogen-bond acceptors (Lipinski definition) is 5. The predicted molar refractivity (Wildman–Crippen MR) is 95.1 cm³/mol. The van der Waals surface area contributed by atoms with E-state index in [2.05, 4.69) is 20.3 Å². The second-order valence-electron chi connectivity index (χ2n) is 8.03. The third kappa shape index (κ3) is 3.47. The van der Waals surface area contributed by atoms with Crippen LogP contribution in [0, 0.1) is 19.8 Å². The maximum Gasteiger partial charge on any atom is 0.237 e. The smallest absolute Gasteiger partial charge is 0.237 e. The lowest BCUT2D eigenvalue weighted by Gasteiger charge is -2.45. The Morgan fingerprint density at radius 1 is 1.16 bits per heavy atom. The summed E-state index contributed by atoms with van der Waals surface area (Å²) in [5.74, 6) is 1.88. The normalized spacial score (nSPS) is 31.6. The standard InChI is InChI=1S/C19H30N4O2/c1-13-16(14(2)25-21-13)12-22-7-9-23(10-8-22)18-11-15-5-3-4-6-17(15)20-19(18)24/h15,17-18H,3-12H2,1-2H3,(H,20,24)/t15-,17-,18+/m0/s1. The number of amides is 1. The summed E-state index contributed by atoms with van der Waals surface area (Å²) < 4.78 is 5.28. The van der Waals surface area contributed by atoms with E-state index < -0.39 is 0 Å². The summed E-state index contributed by atoms with van der Waals surface area (Å²) >= 11 is 0. The number of piperidine rings is 1. The number of carbonyl (C=O) groups is 1. The molecular weight excluding hydrogens is 316 g/mol. The minimum Gasteiger partial charge on any atom is -0.361 e. The Kier molecular flexibility index (Phi) is 4.82. The van der Waals surface area contributed by atoms with E-state index in [0.717, 1.165) is 50.6 Å². The molecule has 6 heteroatoms. The fraction of sp³-hybridized carbons (Fsp3) is 0.789. The Bertz CT molecular complexity index is 601. The molecule has 138 valence electrons. The van der Waals surface area contributed by atoms with Crippen LogP contribution >= 0.6 is 0 Å². The fourth-order valence-corrected chi connectivity index (χ4v) is 4.85. The van der Waals surface area contributed by atoms with Gasteiger partial charge in [0, 0.05) is 44.3 Å². The van der Waals surface area contributed by atoms with E-state index >= 15 is 0 Å². The minimum atomic E-state index is 0.0839. The van der Waals surface area contributed by atoms with Crippen LogP contribution in [0.1, 0.15) is 49.1 Å². The first-order valence-corrected chi connectivity index (χ1v) is 9.80. The number of aromatic nitrogens is 1. The van der Waals surface area contributed by atoms with Crippen LogP contribution in [0.5, 0.6) is 0 Å². The van der Waals surface area contributed by atoms with Gasteiger partial charge in [0.1, 0.15) is 5.76 Å². The molecule has 1 aromatic heterocycles. The zero-order valence-electron chi connectivity index (χ0n) is 15.5. The molecule has 1 amide bonds. The van der Waals surface area contributed by atoms with Crippen LogP contribution in [0.25, 0.3) is 0 Å². The molecule has 3 aliphatic rings. The lowest BCUT2D eigenvalue weighted by Crippen LogP contribution is -2.61. The van der Waals surface area contributed by atoms with E-state index in [1.165, 1.54) is 31.2 Å². The third-order valence-electron chi connectivity index (χ3n) is 6.48. The van der Waals surface area contributed by atoms with Crippen molar-refractivity contribution in [2.75, 3.05) is 26.2 Å². The molecule has 1 N–H and O–H groups in total. The van der Waals surface area contributed by atoms with Gasteiger partial charge in [-0.25, -0.2) is 0 Å². The van der Waals surface area contributed by atoms with Gasteiger partial charge in [0.05, 0.1) is 11.7 Å².